The fraction of sp³-hybridized carbons (Fsp3) is 0.333. The van der Waals surface area contributed by atoms with Gasteiger partial charge >= 0.3 is 5.97 Å². The number of halogens is 1. The second kappa shape index (κ2) is 6.93. The quantitative estimate of drug-likeness (QED) is 0.816. The van der Waals surface area contributed by atoms with Crippen molar-refractivity contribution in [2.45, 2.75) is 19.6 Å². The van der Waals surface area contributed by atoms with Crippen molar-refractivity contribution in [3.05, 3.63) is 34.4 Å². The van der Waals surface area contributed by atoms with E-state index in [1.54, 1.807) is 0 Å². The normalized spacial score (nSPS) is 12.3. The van der Waals surface area contributed by atoms with Gasteiger partial charge in [-0.3, -0.25) is 4.79 Å². The lowest BCUT2D eigenvalue weighted by Crippen LogP contribution is -2.39. The Kier molecular flexibility index (Phi) is 5.20. The maximum atomic E-state index is 12.1. The summed E-state index contributed by atoms with van der Waals surface area (Å²) in [5.41, 5.74) is 1.89. The highest BCUT2D eigenvalue weighted by molar-refractivity contribution is 9.10. The lowest BCUT2D eigenvalue weighted by molar-refractivity contribution is -0.148. The fourth-order valence-corrected chi connectivity index (χ4v) is 2.82. The number of carboxylic acids is 1. The maximum absolute atomic E-state index is 12.1. The van der Waals surface area contributed by atoms with Crippen molar-refractivity contribution in [1.29, 1.82) is 0 Å². The van der Waals surface area contributed by atoms with Crippen LogP contribution in [0.3, 0.4) is 0 Å². The molecule has 0 fully saturated rings. The van der Waals surface area contributed by atoms with Crippen molar-refractivity contribution < 1.29 is 19.4 Å². The molecule has 0 radical (unpaired) electrons. The molecular formula is C15H17BrN2O4. The Hall–Kier alpha value is -1.86. The van der Waals surface area contributed by atoms with E-state index in [1.807, 2.05) is 35.8 Å². The first-order chi connectivity index (χ1) is 10.5. The van der Waals surface area contributed by atoms with E-state index >= 15 is 0 Å². The minimum Gasteiger partial charge on any atom is -0.479 e. The largest absolute Gasteiger partial charge is 0.479 e. The van der Waals surface area contributed by atoms with Crippen molar-refractivity contribution in [1.82, 2.24) is 9.88 Å². The van der Waals surface area contributed by atoms with Gasteiger partial charge in [-0.15, -0.1) is 0 Å². The van der Waals surface area contributed by atoms with Gasteiger partial charge in [0.25, 0.3) is 0 Å². The number of aromatic nitrogens is 1. The molecule has 0 saturated heterocycles. The van der Waals surface area contributed by atoms with Gasteiger partial charge in [0.1, 0.15) is 6.54 Å². The van der Waals surface area contributed by atoms with Crippen LogP contribution in [0.15, 0.2) is 28.7 Å². The van der Waals surface area contributed by atoms with E-state index in [0.29, 0.717) is 0 Å². The van der Waals surface area contributed by atoms with E-state index in [4.69, 9.17) is 9.84 Å². The Bertz CT molecular complexity index is 711. The Balaban J connectivity index is 2.12. The lowest BCUT2D eigenvalue weighted by atomic mass is 10.2. The van der Waals surface area contributed by atoms with Crippen molar-refractivity contribution in [2.75, 3.05) is 13.7 Å². The number of para-hydroxylation sites is 1. The van der Waals surface area contributed by atoms with E-state index < -0.39 is 12.1 Å². The standard InChI is InChI=1S/C15H17BrN2O4/c1-9-14(16)10-5-3-4-6-11(10)18(9)8-13(19)17-7-12(22-2)15(20)21/h3-6,12H,7-8H2,1-2H3,(H,17,19)(H,20,21). The number of hydrogen-bond acceptors (Lipinski definition) is 3. The summed E-state index contributed by atoms with van der Waals surface area (Å²) in [6.07, 6.45) is -1.04. The molecule has 6 nitrogen and oxygen atoms in total. The van der Waals surface area contributed by atoms with Gasteiger partial charge in [0, 0.05) is 28.2 Å². The van der Waals surface area contributed by atoms with Crippen LogP contribution >= 0.6 is 15.9 Å². The molecule has 0 spiro atoms. The molecule has 0 aliphatic rings. The number of amides is 1. The third-order valence-electron chi connectivity index (χ3n) is 3.50. The number of fused-ring (bicyclic) bond motifs is 1. The summed E-state index contributed by atoms with van der Waals surface area (Å²) in [6.45, 7) is 1.98. The maximum Gasteiger partial charge on any atom is 0.334 e. The number of carbonyl (C=O) groups is 2. The number of carboxylic acid groups (broad SMARTS) is 1. The van der Waals surface area contributed by atoms with Gasteiger partial charge in [-0.1, -0.05) is 18.2 Å². The number of hydrogen-bond donors (Lipinski definition) is 2. The number of aliphatic carboxylic acids is 1. The molecule has 22 heavy (non-hydrogen) atoms. The topological polar surface area (TPSA) is 80.6 Å². The molecule has 2 N–H and O–H groups in total. The molecule has 2 rings (SSSR count). The van der Waals surface area contributed by atoms with E-state index in [9.17, 15) is 9.59 Å². The van der Waals surface area contributed by atoms with Gasteiger partial charge in [-0.25, -0.2) is 4.79 Å². The predicted octanol–water partition coefficient (Wildman–Crippen LogP) is 1.93. The number of rotatable bonds is 6. The van der Waals surface area contributed by atoms with Gasteiger partial charge in [0.2, 0.25) is 5.91 Å². The number of benzene rings is 1. The molecule has 1 heterocycles. The average Bonchev–Trinajstić information content (AvgIpc) is 2.73. The summed E-state index contributed by atoms with van der Waals surface area (Å²) in [5, 5.41) is 12.5. The van der Waals surface area contributed by atoms with E-state index in [0.717, 1.165) is 21.1 Å². The third-order valence-corrected chi connectivity index (χ3v) is 4.50. The zero-order chi connectivity index (χ0) is 16.3. The second-order valence-electron chi connectivity index (χ2n) is 4.87. The highest BCUT2D eigenvalue weighted by Crippen LogP contribution is 2.30. The molecule has 1 atom stereocenters. The van der Waals surface area contributed by atoms with E-state index in [2.05, 4.69) is 21.2 Å². The summed E-state index contributed by atoms with van der Waals surface area (Å²) >= 11 is 3.53. The smallest absolute Gasteiger partial charge is 0.334 e. The van der Waals surface area contributed by atoms with Crippen LogP contribution in [0.25, 0.3) is 10.9 Å². The van der Waals surface area contributed by atoms with Crippen LogP contribution in [0.2, 0.25) is 0 Å². The molecule has 0 bridgehead atoms. The molecule has 1 aromatic carbocycles. The first kappa shape index (κ1) is 16.5. The fourth-order valence-electron chi connectivity index (χ4n) is 2.27. The van der Waals surface area contributed by atoms with Crippen LogP contribution in [0.1, 0.15) is 5.69 Å². The van der Waals surface area contributed by atoms with Crippen LogP contribution in [-0.2, 0) is 20.9 Å². The number of ether oxygens (including phenoxy) is 1. The molecule has 0 saturated carbocycles. The van der Waals surface area contributed by atoms with E-state index in [1.165, 1.54) is 7.11 Å². The zero-order valence-corrected chi connectivity index (χ0v) is 13.9. The summed E-state index contributed by atoms with van der Waals surface area (Å²) < 4.78 is 7.62. The summed E-state index contributed by atoms with van der Waals surface area (Å²) in [4.78, 5) is 22.9. The minimum absolute atomic E-state index is 0.0654. The molecule has 0 aliphatic heterocycles. The third kappa shape index (κ3) is 3.31. The highest BCUT2D eigenvalue weighted by Gasteiger charge is 2.18. The van der Waals surface area contributed by atoms with Gasteiger partial charge in [0.05, 0.1) is 6.54 Å². The highest BCUT2D eigenvalue weighted by atomic mass is 79.9. The zero-order valence-electron chi connectivity index (χ0n) is 12.3. The second-order valence-corrected chi connectivity index (χ2v) is 5.66. The molecular weight excluding hydrogens is 352 g/mol. The first-order valence-electron chi connectivity index (χ1n) is 6.71. The van der Waals surface area contributed by atoms with Crippen molar-refractivity contribution >= 4 is 38.7 Å². The van der Waals surface area contributed by atoms with Crippen LogP contribution in [0.5, 0.6) is 0 Å². The Morgan fingerprint density at radius 3 is 2.73 bits per heavy atom. The predicted molar refractivity (Wildman–Crippen MR) is 85.8 cm³/mol. The molecule has 1 amide bonds. The van der Waals surface area contributed by atoms with Gasteiger partial charge in [-0.05, 0) is 28.9 Å². The molecule has 0 aliphatic carbocycles. The number of nitrogens with one attached hydrogen (secondary N) is 1. The van der Waals surface area contributed by atoms with Crippen molar-refractivity contribution in [3.8, 4) is 0 Å². The van der Waals surface area contributed by atoms with Gasteiger partial charge in [-0.2, -0.15) is 0 Å². The Morgan fingerprint density at radius 1 is 1.41 bits per heavy atom. The van der Waals surface area contributed by atoms with Crippen LogP contribution in [0.4, 0.5) is 0 Å². The minimum atomic E-state index is -1.10. The van der Waals surface area contributed by atoms with Gasteiger partial charge < -0.3 is 19.7 Å². The summed E-state index contributed by atoms with van der Waals surface area (Å²) in [5.74, 6) is -1.37. The number of carbonyl (C=O) groups excluding carboxylic acids is 1. The molecule has 1 aromatic heterocycles. The molecule has 1 unspecified atom stereocenters. The monoisotopic (exact) mass is 368 g/mol. The van der Waals surface area contributed by atoms with Crippen LogP contribution in [-0.4, -0.2) is 41.3 Å². The Labute approximate surface area is 136 Å². The van der Waals surface area contributed by atoms with Crippen LogP contribution in [0, 0.1) is 6.92 Å². The van der Waals surface area contributed by atoms with Crippen molar-refractivity contribution in [2.24, 2.45) is 0 Å². The van der Waals surface area contributed by atoms with Crippen molar-refractivity contribution in [3.63, 3.8) is 0 Å². The van der Waals surface area contributed by atoms with E-state index in [-0.39, 0.29) is 19.0 Å². The molecule has 2 aromatic rings. The summed E-state index contributed by atoms with van der Waals surface area (Å²) in [6, 6.07) is 7.77. The number of methoxy groups -OCH3 is 1. The molecule has 118 valence electrons. The Morgan fingerprint density at radius 2 is 2.09 bits per heavy atom. The summed E-state index contributed by atoms with van der Waals surface area (Å²) in [7, 11) is 1.30. The lowest BCUT2D eigenvalue weighted by Gasteiger charge is -2.13. The average molecular weight is 369 g/mol. The first-order valence-corrected chi connectivity index (χ1v) is 7.50. The SMILES string of the molecule is COC(CNC(=O)Cn1c(C)c(Br)c2ccccc21)C(=O)O. The number of nitrogens with zero attached hydrogens (tertiary/aromatic N) is 1. The van der Waals surface area contributed by atoms with Gasteiger partial charge in [0.15, 0.2) is 6.10 Å². The van der Waals surface area contributed by atoms with Crippen LogP contribution < -0.4 is 5.32 Å². The molecule has 7 heteroatoms.